The molecule has 0 aliphatic carbocycles. The van der Waals surface area contributed by atoms with Crippen LogP contribution in [-0.4, -0.2) is 57.3 Å². The smallest absolute Gasteiger partial charge is 0.479 e. The Morgan fingerprint density at radius 3 is 2.54 bits per heavy atom. The van der Waals surface area contributed by atoms with Crippen LogP contribution < -0.4 is 14.8 Å². The lowest BCUT2D eigenvalue weighted by Gasteiger charge is -2.25. The molecule has 5 rings (SSSR count). The lowest BCUT2D eigenvalue weighted by atomic mass is 9.98. The number of aromatic nitrogens is 5. The van der Waals surface area contributed by atoms with E-state index in [2.05, 4.69) is 25.6 Å². The third-order valence-electron chi connectivity index (χ3n) is 5.64. The first-order valence-electron chi connectivity index (χ1n) is 10.6. The number of hydrogen-bond donors (Lipinski definition) is 1. The average Bonchev–Trinajstić information content (AvgIpc) is 3.17. The SMILES string of the molecule is COc1nc(-c2ccc(-c3ccc(C4CNC4)nn3)c(OC(=O)C(F)(F)F)c2)cc2cn(C)nc12. The van der Waals surface area contributed by atoms with Crippen molar-refractivity contribution in [3.8, 4) is 34.1 Å². The topological polar surface area (TPSA) is 104 Å². The fourth-order valence-electron chi connectivity index (χ4n) is 3.75. The zero-order valence-electron chi connectivity index (χ0n) is 18.6. The van der Waals surface area contributed by atoms with Gasteiger partial charge in [0, 0.05) is 48.8 Å². The van der Waals surface area contributed by atoms with Crippen LogP contribution in [0.5, 0.6) is 11.6 Å². The number of esters is 1. The summed E-state index contributed by atoms with van der Waals surface area (Å²) in [6, 6.07) is 9.61. The van der Waals surface area contributed by atoms with E-state index in [0.717, 1.165) is 24.2 Å². The highest BCUT2D eigenvalue weighted by Gasteiger charge is 2.42. The molecule has 9 nitrogen and oxygen atoms in total. The van der Waals surface area contributed by atoms with Gasteiger partial charge >= 0.3 is 12.1 Å². The number of carbonyl (C=O) groups excluding carboxylic acids is 1. The molecule has 0 amide bonds. The maximum absolute atomic E-state index is 13.0. The number of rotatable bonds is 5. The molecule has 0 bridgehead atoms. The van der Waals surface area contributed by atoms with Crippen molar-refractivity contribution in [3.05, 3.63) is 48.3 Å². The highest BCUT2D eigenvalue weighted by atomic mass is 19.4. The van der Waals surface area contributed by atoms with Crippen molar-refractivity contribution < 1.29 is 27.4 Å². The van der Waals surface area contributed by atoms with Crippen LogP contribution in [0.25, 0.3) is 33.4 Å². The number of benzene rings is 1. The summed E-state index contributed by atoms with van der Waals surface area (Å²) in [5.41, 5.74) is 2.58. The van der Waals surface area contributed by atoms with Crippen molar-refractivity contribution in [2.24, 2.45) is 7.05 Å². The molecule has 0 atom stereocenters. The number of pyridine rings is 1. The minimum atomic E-state index is -5.17. The van der Waals surface area contributed by atoms with Crippen molar-refractivity contribution in [1.82, 2.24) is 30.3 Å². The third kappa shape index (κ3) is 4.39. The van der Waals surface area contributed by atoms with Gasteiger partial charge in [0.25, 0.3) is 0 Å². The van der Waals surface area contributed by atoms with Gasteiger partial charge in [-0.3, -0.25) is 4.68 Å². The number of ether oxygens (including phenoxy) is 2. The van der Waals surface area contributed by atoms with Gasteiger partial charge in [-0.2, -0.15) is 28.5 Å². The Bertz CT molecular complexity index is 1410. The van der Waals surface area contributed by atoms with Gasteiger partial charge in [-0.1, -0.05) is 6.07 Å². The van der Waals surface area contributed by atoms with Gasteiger partial charge in [-0.05, 0) is 30.3 Å². The van der Waals surface area contributed by atoms with Crippen molar-refractivity contribution in [1.29, 1.82) is 0 Å². The van der Waals surface area contributed by atoms with Crippen LogP contribution >= 0.6 is 0 Å². The summed E-state index contributed by atoms with van der Waals surface area (Å²) in [5.74, 6) is -2.16. The first-order chi connectivity index (χ1) is 16.7. The maximum atomic E-state index is 13.0. The number of nitrogens with zero attached hydrogens (tertiary/aromatic N) is 5. The van der Waals surface area contributed by atoms with Crippen LogP contribution in [0.15, 0.2) is 42.6 Å². The fourth-order valence-corrected chi connectivity index (χ4v) is 3.75. The van der Waals surface area contributed by atoms with Gasteiger partial charge in [0.05, 0.1) is 24.2 Å². The zero-order chi connectivity index (χ0) is 24.7. The van der Waals surface area contributed by atoms with Crippen LogP contribution in [0.3, 0.4) is 0 Å². The van der Waals surface area contributed by atoms with Gasteiger partial charge in [0.1, 0.15) is 5.75 Å². The van der Waals surface area contributed by atoms with E-state index in [9.17, 15) is 18.0 Å². The number of alkyl halides is 3. The van der Waals surface area contributed by atoms with E-state index in [1.807, 2.05) is 0 Å². The van der Waals surface area contributed by atoms with E-state index in [4.69, 9.17) is 9.47 Å². The van der Waals surface area contributed by atoms with Crippen LogP contribution in [0.4, 0.5) is 13.2 Å². The maximum Gasteiger partial charge on any atom is 0.491 e. The van der Waals surface area contributed by atoms with Crippen molar-refractivity contribution in [2.75, 3.05) is 20.2 Å². The number of aryl methyl sites for hydroxylation is 1. The lowest BCUT2D eigenvalue weighted by Crippen LogP contribution is -2.40. The fraction of sp³-hybridized carbons (Fsp3) is 0.261. The lowest BCUT2D eigenvalue weighted by molar-refractivity contribution is -0.189. The summed E-state index contributed by atoms with van der Waals surface area (Å²) in [4.78, 5) is 16.1. The Balaban J connectivity index is 1.58. The van der Waals surface area contributed by atoms with Crippen LogP contribution in [0.1, 0.15) is 11.6 Å². The number of carbonyl (C=O) groups is 1. The van der Waals surface area contributed by atoms with E-state index in [0.29, 0.717) is 16.8 Å². The van der Waals surface area contributed by atoms with Crippen LogP contribution in [0, 0.1) is 0 Å². The third-order valence-corrected chi connectivity index (χ3v) is 5.64. The van der Waals surface area contributed by atoms with Gasteiger partial charge < -0.3 is 14.8 Å². The summed E-state index contributed by atoms with van der Waals surface area (Å²) in [6.07, 6.45) is -3.41. The second-order valence-corrected chi connectivity index (χ2v) is 8.05. The van der Waals surface area contributed by atoms with Crippen molar-refractivity contribution in [3.63, 3.8) is 0 Å². The highest BCUT2D eigenvalue weighted by molar-refractivity contribution is 5.88. The molecule has 1 N–H and O–H groups in total. The molecule has 4 heterocycles. The van der Waals surface area contributed by atoms with E-state index < -0.39 is 12.1 Å². The average molecular weight is 484 g/mol. The quantitative estimate of drug-likeness (QED) is 0.340. The van der Waals surface area contributed by atoms with Crippen molar-refractivity contribution in [2.45, 2.75) is 12.1 Å². The largest absolute Gasteiger partial charge is 0.491 e. The zero-order valence-corrected chi connectivity index (χ0v) is 18.6. The van der Waals surface area contributed by atoms with E-state index >= 15 is 0 Å². The number of halogens is 3. The Morgan fingerprint density at radius 2 is 1.91 bits per heavy atom. The molecule has 1 saturated heterocycles. The monoisotopic (exact) mass is 484 g/mol. The molecule has 4 aromatic rings. The normalized spacial score (nSPS) is 14.1. The van der Waals surface area contributed by atoms with Gasteiger partial charge in [0.15, 0.2) is 5.52 Å². The Morgan fingerprint density at radius 1 is 1.11 bits per heavy atom. The second kappa shape index (κ2) is 8.62. The first-order valence-corrected chi connectivity index (χ1v) is 10.6. The molecule has 1 fully saturated rings. The Hall–Kier alpha value is -4.06. The molecule has 0 saturated carbocycles. The molecule has 0 spiro atoms. The molecule has 12 heteroatoms. The number of hydrogen-bond acceptors (Lipinski definition) is 8. The summed E-state index contributed by atoms with van der Waals surface area (Å²) in [7, 11) is 3.19. The van der Waals surface area contributed by atoms with Gasteiger partial charge in [0.2, 0.25) is 5.88 Å². The summed E-state index contributed by atoms with van der Waals surface area (Å²) in [6.45, 7) is 1.57. The standard InChI is InChI=1S/C23H19F3N6O3/c1-32-11-13-7-18(28-21(34-2)20(13)31-32)12-3-4-15(19(8-12)35-22(33)23(24,25)26)17-6-5-16(29-30-17)14-9-27-10-14/h3-8,11,14,27H,9-10H2,1-2H3. The molecular weight excluding hydrogens is 465 g/mol. The predicted octanol–water partition coefficient (Wildman–Crippen LogP) is 3.26. The summed E-state index contributed by atoms with van der Waals surface area (Å²) >= 11 is 0. The second-order valence-electron chi connectivity index (χ2n) is 8.05. The predicted molar refractivity (Wildman–Crippen MR) is 119 cm³/mol. The van der Waals surface area contributed by atoms with E-state index in [1.165, 1.54) is 19.2 Å². The number of nitrogens with one attached hydrogen (secondary N) is 1. The molecule has 35 heavy (non-hydrogen) atoms. The molecule has 0 radical (unpaired) electrons. The molecular formula is C23H19F3N6O3. The van der Waals surface area contributed by atoms with E-state index in [1.54, 1.807) is 42.2 Å². The number of fused-ring (bicyclic) bond motifs is 1. The Labute approximate surface area is 196 Å². The van der Waals surface area contributed by atoms with Crippen LogP contribution in [0.2, 0.25) is 0 Å². The van der Waals surface area contributed by atoms with E-state index in [-0.39, 0.29) is 28.8 Å². The Kier molecular flexibility index (Phi) is 5.59. The highest BCUT2D eigenvalue weighted by Crippen LogP contribution is 2.36. The molecule has 180 valence electrons. The molecule has 1 aromatic carbocycles. The van der Waals surface area contributed by atoms with Gasteiger partial charge in [-0.25, -0.2) is 9.78 Å². The molecule has 1 aliphatic heterocycles. The summed E-state index contributed by atoms with van der Waals surface area (Å²) in [5, 5.41) is 16.5. The number of methoxy groups -OCH3 is 1. The molecule has 0 unspecified atom stereocenters. The van der Waals surface area contributed by atoms with Crippen LogP contribution in [-0.2, 0) is 11.8 Å². The van der Waals surface area contributed by atoms with Gasteiger partial charge in [-0.15, -0.1) is 0 Å². The molecule has 1 aliphatic rings. The first kappa shape index (κ1) is 22.7. The van der Waals surface area contributed by atoms with Crippen molar-refractivity contribution >= 4 is 16.9 Å². The minimum absolute atomic E-state index is 0.187. The minimum Gasteiger partial charge on any atom is -0.479 e. The molecule has 3 aromatic heterocycles. The summed E-state index contributed by atoms with van der Waals surface area (Å²) < 4.78 is 50.7.